The lowest BCUT2D eigenvalue weighted by Gasteiger charge is -2.52. The molecule has 1 aliphatic heterocycles. The molecule has 1 aromatic heterocycles. The number of nitrogens with zero attached hydrogens (tertiary/aromatic N) is 2. The Labute approximate surface area is 116 Å². The van der Waals surface area contributed by atoms with Crippen LogP contribution in [0.2, 0.25) is 0 Å². The highest BCUT2D eigenvalue weighted by Gasteiger charge is 2.50. The molecule has 0 spiro atoms. The van der Waals surface area contributed by atoms with Gasteiger partial charge in [-0.25, -0.2) is 4.98 Å². The summed E-state index contributed by atoms with van der Waals surface area (Å²) < 4.78 is 5.75. The topological polar surface area (TPSA) is 103 Å². The number of rotatable bonds is 3. The van der Waals surface area contributed by atoms with Crippen LogP contribution in [0, 0.1) is 23.0 Å². The van der Waals surface area contributed by atoms with Crippen LogP contribution in [-0.4, -0.2) is 34.7 Å². The van der Waals surface area contributed by atoms with Gasteiger partial charge in [0.05, 0.1) is 17.1 Å². The molecule has 4 atom stereocenters. The third-order valence-corrected chi connectivity index (χ3v) is 4.27. The van der Waals surface area contributed by atoms with E-state index < -0.39 is 4.92 Å². The standard InChI is InChI=1S/C13H18N4O3/c1-7-5-10(15-6-9(7)17(18)19)16-12-11(14)8-3-2-4-20-13(8)12/h5-6,8,11-13H,2-4,14H2,1H3,(H,15,16). The largest absolute Gasteiger partial charge is 0.376 e. The molecule has 1 saturated heterocycles. The average molecular weight is 278 g/mol. The Morgan fingerprint density at radius 1 is 1.60 bits per heavy atom. The van der Waals surface area contributed by atoms with Crippen molar-refractivity contribution in [2.24, 2.45) is 11.7 Å². The molecule has 20 heavy (non-hydrogen) atoms. The number of pyridine rings is 1. The maximum Gasteiger partial charge on any atom is 0.290 e. The van der Waals surface area contributed by atoms with E-state index in [9.17, 15) is 10.1 Å². The third kappa shape index (κ3) is 2.12. The summed E-state index contributed by atoms with van der Waals surface area (Å²) in [5.74, 6) is 1.03. The average Bonchev–Trinajstić information content (AvgIpc) is 2.44. The zero-order valence-electron chi connectivity index (χ0n) is 11.3. The number of nitrogens with one attached hydrogen (secondary N) is 1. The van der Waals surface area contributed by atoms with Crippen LogP contribution in [0.4, 0.5) is 11.5 Å². The summed E-state index contributed by atoms with van der Waals surface area (Å²) in [6.07, 6.45) is 3.59. The number of fused-ring (bicyclic) bond motifs is 1. The fourth-order valence-electron chi connectivity index (χ4n) is 3.12. The highest BCUT2D eigenvalue weighted by atomic mass is 16.6. The van der Waals surface area contributed by atoms with E-state index in [2.05, 4.69) is 10.3 Å². The molecule has 2 fully saturated rings. The van der Waals surface area contributed by atoms with Crippen molar-refractivity contribution in [2.75, 3.05) is 11.9 Å². The van der Waals surface area contributed by atoms with Crippen LogP contribution in [0.1, 0.15) is 18.4 Å². The first-order valence-corrected chi connectivity index (χ1v) is 6.82. The van der Waals surface area contributed by atoms with Crippen LogP contribution < -0.4 is 11.1 Å². The second kappa shape index (κ2) is 4.99. The molecule has 108 valence electrons. The first-order chi connectivity index (χ1) is 9.58. The fraction of sp³-hybridized carbons (Fsp3) is 0.615. The molecule has 0 amide bonds. The number of aromatic nitrogens is 1. The lowest BCUT2D eigenvalue weighted by atomic mass is 9.68. The summed E-state index contributed by atoms with van der Waals surface area (Å²) in [5.41, 5.74) is 6.78. The molecule has 3 rings (SSSR count). The van der Waals surface area contributed by atoms with Crippen molar-refractivity contribution < 1.29 is 9.66 Å². The van der Waals surface area contributed by atoms with Gasteiger partial charge < -0.3 is 15.8 Å². The van der Waals surface area contributed by atoms with Crippen LogP contribution in [0.25, 0.3) is 0 Å². The SMILES string of the molecule is Cc1cc(NC2C(N)C3CCCOC32)ncc1[N+](=O)[O-]. The Kier molecular flexibility index (Phi) is 3.31. The fourth-order valence-corrected chi connectivity index (χ4v) is 3.12. The summed E-state index contributed by atoms with van der Waals surface area (Å²) in [6.45, 7) is 2.48. The van der Waals surface area contributed by atoms with E-state index in [-0.39, 0.29) is 23.9 Å². The lowest BCUT2D eigenvalue weighted by Crippen LogP contribution is -2.69. The highest BCUT2D eigenvalue weighted by Crippen LogP contribution is 2.38. The van der Waals surface area contributed by atoms with Crippen LogP contribution in [0.5, 0.6) is 0 Å². The minimum atomic E-state index is -0.429. The van der Waals surface area contributed by atoms with E-state index in [0.29, 0.717) is 17.3 Å². The summed E-state index contributed by atoms with van der Waals surface area (Å²) in [6, 6.07) is 1.77. The van der Waals surface area contributed by atoms with Crippen molar-refractivity contribution in [3.8, 4) is 0 Å². The normalized spacial score (nSPS) is 32.1. The van der Waals surface area contributed by atoms with E-state index in [1.165, 1.54) is 6.20 Å². The van der Waals surface area contributed by atoms with Gasteiger partial charge in [0.1, 0.15) is 12.0 Å². The van der Waals surface area contributed by atoms with E-state index >= 15 is 0 Å². The smallest absolute Gasteiger partial charge is 0.290 e. The highest BCUT2D eigenvalue weighted by molar-refractivity contribution is 5.48. The zero-order chi connectivity index (χ0) is 14.3. The summed E-state index contributed by atoms with van der Waals surface area (Å²) >= 11 is 0. The van der Waals surface area contributed by atoms with Gasteiger partial charge in [-0.05, 0) is 25.8 Å². The Morgan fingerprint density at radius 3 is 3.10 bits per heavy atom. The van der Waals surface area contributed by atoms with Crippen molar-refractivity contribution in [3.63, 3.8) is 0 Å². The minimum Gasteiger partial charge on any atom is -0.376 e. The summed E-state index contributed by atoms with van der Waals surface area (Å²) in [7, 11) is 0. The Balaban J connectivity index is 1.72. The van der Waals surface area contributed by atoms with Gasteiger partial charge in [0.2, 0.25) is 0 Å². The van der Waals surface area contributed by atoms with Crippen molar-refractivity contribution >= 4 is 11.5 Å². The van der Waals surface area contributed by atoms with E-state index in [4.69, 9.17) is 10.5 Å². The molecule has 0 aromatic carbocycles. The zero-order valence-corrected chi connectivity index (χ0v) is 11.3. The van der Waals surface area contributed by atoms with Crippen LogP contribution in [0.15, 0.2) is 12.3 Å². The molecule has 2 aliphatic rings. The van der Waals surface area contributed by atoms with Gasteiger partial charge in [0.15, 0.2) is 0 Å². The number of ether oxygens (including phenoxy) is 1. The van der Waals surface area contributed by atoms with Crippen molar-refractivity contribution in [1.82, 2.24) is 4.98 Å². The number of nitrogens with two attached hydrogens (primary N) is 1. The molecule has 1 aromatic rings. The van der Waals surface area contributed by atoms with E-state index in [1.54, 1.807) is 13.0 Å². The van der Waals surface area contributed by atoms with Crippen LogP contribution in [-0.2, 0) is 4.74 Å². The van der Waals surface area contributed by atoms with Crippen molar-refractivity contribution in [1.29, 1.82) is 0 Å². The van der Waals surface area contributed by atoms with Crippen LogP contribution in [0.3, 0.4) is 0 Å². The Morgan fingerprint density at radius 2 is 2.40 bits per heavy atom. The minimum absolute atomic E-state index is 0.0280. The Hall–Kier alpha value is -1.73. The van der Waals surface area contributed by atoms with Gasteiger partial charge in [-0.2, -0.15) is 0 Å². The third-order valence-electron chi connectivity index (χ3n) is 4.27. The van der Waals surface area contributed by atoms with E-state index in [1.807, 2.05) is 0 Å². The van der Waals surface area contributed by atoms with Crippen LogP contribution >= 0.6 is 0 Å². The van der Waals surface area contributed by atoms with Gasteiger partial charge in [-0.1, -0.05) is 0 Å². The first-order valence-electron chi connectivity index (χ1n) is 6.82. The lowest BCUT2D eigenvalue weighted by molar-refractivity contribution is -0.385. The first kappa shape index (κ1) is 13.3. The molecule has 3 N–H and O–H groups in total. The summed E-state index contributed by atoms with van der Waals surface area (Å²) in [5, 5.41) is 14.0. The number of hydrogen-bond donors (Lipinski definition) is 2. The molecule has 1 aliphatic carbocycles. The predicted octanol–water partition coefficient (Wildman–Crippen LogP) is 1.21. The quantitative estimate of drug-likeness (QED) is 0.636. The number of hydrogen-bond acceptors (Lipinski definition) is 6. The van der Waals surface area contributed by atoms with Crippen molar-refractivity contribution in [3.05, 3.63) is 27.9 Å². The molecule has 7 heteroatoms. The second-order valence-electron chi connectivity index (χ2n) is 5.50. The number of anilines is 1. The van der Waals surface area contributed by atoms with Gasteiger partial charge in [0, 0.05) is 24.1 Å². The molecule has 7 nitrogen and oxygen atoms in total. The molecular weight excluding hydrogens is 260 g/mol. The van der Waals surface area contributed by atoms with Gasteiger partial charge in [0.25, 0.3) is 5.69 Å². The maximum absolute atomic E-state index is 10.8. The molecule has 0 bridgehead atoms. The molecule has 4 unspecified atom stereocenters. The maximum atomic E-state index is 10.8. The Bertz CT molecular complexity index is 536. The second-order valence-corrected chi connectivity index (χ2v) is 5.50. The number of nitro groups is 1. The van der Waals surface area contributed by atoms with Gasteiger partial charge in [-0.3, -0.25) is 10.1 Å². The molecule has 1 saturated carbocycles. The summed E-state index contributed by atoms with van der Waals surface area (Å²) in [4.78, 5) is 14.4. The van der Waals surface area contributed by atoms with E-state index in [0.717, 1.165) is 19.4 Å². The van der Waals surface area contributed by atoms with Crippen molar-refractivity contribution in [2.45, 2.75) is 38.0 Å². The molecule has 0 radical (unpaired) electrons. The number of aryl methyl sites for hydroxylation is 1. The molecule has 2 heterocycles. The van der Waals surface area contributed by atoms with Gasteiger partial charge in [-0.15, -0.1) is 0 Å². The monoisotopic (exact) mass is 278 g/mol. The molecular formula is C13H18N4O3. The predicted molar refractivity (Wildman–Crippen MR) is 73.5 cm³/mol. The van der Waals surface area contributed by atoms with Gasteiger partial charge >= 0.3 is 0 Å².